The molecule has 6 nitrogen and oxygen atoms in total. The lowest BCUT2D eigenvalue weighted by Gasteiger charge is -2.24. The largest absolute Gasteiger partial charge is 0.491 e. The number of benzene rings is 2. The van der Waals surface area contributed by atoms with E-state index in [0.29, 0.717) is 36.4 Å². The lowest BCUT2D eigenvalue weighted by molar-refractivity contribution is 0.0292. The van der Waals surface area contributed by atoms with Crippen molar-refractivity contribution in [3.63, 3.8) is 0 Å². The number of nitrogens with one attached hydrogen (secondary N) is 1. The number of rotatable bonds is 6. The molecular weight excluding hydrogens is 380 g/mol. The summed E-state index contributed by atoms with van der Waals surface area (Å²) in [7, 11) is 1.71. The van der Waals surface area contributed by atoms with Gasteiger partial charge in [0.2, 0.25) is 0 Å². The molecule has 6 heteroatoms. The number of H-pyrrole nitrogens is 1. The van der Waals surface area contributed by atoms with E-state index in [4.69, 9.17) is 9.47 Å². The first-order valence-electron chi connectivity index (χ1n) is 10.0. The predicted molar refractivity (Wildman–Crippen MR) is 119 cm³/mol. The monoisotopic (exact) mass is 408 g/mol. The molecule has 0 spiro atoms. The quantitative estimate of drug-likeness (QED) is 0.593. The van der Waals surface area contributed by atoms with Gasteiger partial charge in [-0.05, 0) is 33.3 Å². The molecule has 0 fully saturated rings. The van der Waals surface area contributed by atoms with Gasteiger partial charge in [-0.25, -0.2) is 4.79 Å². The van der Waals surface area contributed by atoms with Crippen LogP contribution in [0.4, 0.5) is 4.79 Å². The summed E-state index contributed by atoms with van der Waals surface area (Å²) in [6, 6.07) is 17.0. The topological polar surface area (TPSA) is 71.6 Å². The van der Waals surface area contributed by atoms with Crippen molar-refractivity contribution in [2.45, 2.75) is 32.8 Å². The number of hydrogen-bond donors (Lipinski definition) is 1. The molecule has 1 amide bonds. The van der Waals surface area contributed by atoms with E-state index in [2.05, 4.69) is 4.98 Å². The van der Waals surface area contributed by atoms with Crippen LogP contribution in [0, 0.1) is 0 Å². The van der Waals surface area contributed by atoms with Crippen LogP contribution in [0.2, 0.25) is 0 Å². The van der Waals surface area contributed by atoms with Crippen LogP contribution in [0.1, 0.15) is 27.2 Å². The number of nitrogens with zero attached hydrogens (tertiary/aromatic N) is 1. The maximum Gasteiger partial charge on any atom is 0.410 e. The summed E-state index contributed by atoms with van der Waals surface area (Å²) in [6.45, 7) is 6.41. The average Bonchev–Trinajstić information content (AvgIpc) is 2.71. The van der Waals surface area contributed by atoms with E-state index in [1.54, 1.807) is 13.1 Å². The summed E-state index contributed by atoms with van der Waals surface area (Å²) in [5, 5.41) is 1.35. The van der Waals surface area contributed by atoms with Crippen molar-refractivity contribution in [2.24, 2.45) is 0 Å². The highest BCUT2D eigenvalue weighted by Gasteiger charge is 2.19. The van der Waals surface area contributed by atoms with Gasteiger partial charge in [-0.3, -0.25) is 4.79 Å². The van der Waals surface area contributed by atoms with Crippen LogP contribution in [0.3, 0.4) is 0 Å². The van der Waals surface area contributed by atoms with Crippen molar-refractivity contribution in [3.8, 4) is 17.0 Å². The highest BCUT2D eigenvalue weighted by molar-refractivity contribution is 5.92. The fraction of sp³-hybridized carbons (Fsp3) is 0.333. The zero-order valence-electron chi connectivity index (χ0n) is 17.9. The molecule has 0 radical (unpaired) electrons. The Morgan fingerprint density at radius 1 is 1.00 bits per heavy atom. The van der Waals surface area contributed by atoms with Gasteiger partial charge in [0.1, 0.15) is 5.60 Å². The molecule has 0 aliphatic carbocycles. The van der Waals surface area contributed by atoms with Gasteiger partial charge in [0, 0.05) is 24.5 Å². The molecule has 1 N–H and O–H groups in total. The summed E-state index contributed by atoms with van der Waals surface area (Å²) in [5.74, 6) is 0.635. The van der Waals surface area contributed by atoms with E-state index in [1.807, 2.05) is 69.3 Å². The third kappa shape index (κ3) is 5.20. The molecule has 1 aromatic heterocycles. The van der Waals surface area contributed by atoms with E-state index in [-0.39, 0.29) is 11.7 Å². The molecule has 0 aliphatic rings. The first-order valence-corrected chi connectivity index (χ1v) is 10.0. The minimum atomic E-state index is -0.527. The molecule has 0 saturated heterocycles. The Hall–Kier alpha value is -3.28. The molecular formula is C24H28N2O4. The van der Waals surface area contributed by atoms with Gasteiger partial charge in [-0.15, -0.1) is 0 Å². The minimum absolute atomic E-state index is 0.151. The number of aromatic amines is 1. The second-order valence-electron chi connectivity index (χ2n) is 8.17. The SMILES string of the molecule is CN(CCCOc1c(-c2ccccc2)[nH]c(=O)c2ccccc12)C(=O)OC(C)(C)C. The number of aromatic nitrogens is 1. The fourth-order valence-corrected chi connectivity index (χ4v) is 3.12. The Kier molecular flexibility index (Phi) is 6.45. The molecule has 2 aromatic carbocycles. The summed E-state index contributed by atoms with van der Waals surface area (Å²) < 4.78 is 11.5. The highest BCUT2D eigenvalue weighted by Crippen LogP contribution is 2.33. The minimum Gasteiger partial charge on any atom is -0.491 e. The average molecular weight is 408 g/mol. The summed E-state index contributed by atoms with van der Waals surface area (Å²) in [4.78, 5) is 29.2. The Balaban J connectivity index is 1.78. The highest BCUT2D eigenvalue weighted by atomic mass is 16.6. The molecule has 0 bridgehead atoms. The Morgan fingerprint density at radius 3 is 2.30 bits per heavy atom. The summed E-state index contributed by atoms with van der Waals surface area (Å²) in [6.07, 6.45) is 0.263. The van der Waals surface area contributed by atoms with Crippen LogP contribution in [0.15, 0.2) is 59.4 Å². The van der Waals surface area contributed by atoms with E-state index in [0.717, 1.165) is 10.9 Å². The molecule has 0 aliphatic heterocycles. The number of fused-ring (bicyclic) bond motifs is 1. The second-order valence-corrected chi connectivity index (χ2v) is 8.17. The summed E-state index contributed by atoms with van der Waals surface area (Å²) in [5.41, 5.74) is 0.851. The third-order valence-electron chi connectivity index (χ3n) is 4.53. The zero-order chi connectivity index (χ0) is 21.7. The van der Waals surface area contributed by atoms with Crippen molar-refractivity contribution >= 4 is 16.9 Å². The molecule has 30 heavy (non-hydrogen) atoms. The van der Waals surface area contributed by atoms with Gasteiger partial charge in [0.25, 0.3) is 5.56 Å². The lowest BCUT2D eigenvalue weighted by atomic mass is 10.1. The van der Waals surface area contributed by atoms with Crippen LogP contribution in [0.5, 0.6) is 5.75 Å². The van der Waals surface area contributed by atoms with Gasteiger partial charge in [-0.2, -0.15) is 0 Å². The van der Waals surface area contributed by atoms with Gasteiger partial charge in [0.05, 0.1) is 17.7 Å². The van der Waals surface area contributed by atoms with Crippen molar-refractivity contribution in [1.29, 1.82) is 0 Å². The van der Waals surface area contributed by atoms with Crippen molar-refractivity contribution in [1.82, 2.24) is 9.88 Å². The maximum atomic E-state index is 12.6. The normalized spacial score (nSPS) is 11.3. The third-order valence-corrected chi connectivity index (χ3v) is 4.53. The van der Waals surface area contributed by atoms with Gasteiger partial charge >= 0.3 is 6.09 Å². The molecule has 3 aromatic rings. The molecule has 1 heterocycles. The van der Waals surface area contributed by atoms with Gasteiger partial charge < -0.3 is 19.4 Å². The lowest BCUT2D eigenvalue weighted by Crippen LogP contribution is -2.35. The van der Waals surface area contributed by atoms with Crippen molar-refractivity contribution < 1.29 is 14.3 Å². The van der Waals surface area contributed by atoms with Crippen molar-refractivity contribution in [2.75, 3.05) is 20.2 Å². The first kappa shape index (κ1) is 21.4. The first-order chi connectivity index (χ1) is 14.3. The number of carbonyl (C=O) groups excluding carboxylic acids is 1. The number of carbonyl (C=O) groups is 1. The standard InChI is InChI=1S/C24H28N2O4/c1-24(2,3)30-23(28)26(4)15-10-16-29-21-18-13-8-9-14-19(18)22(27)25-20(21)17-11-6-5-7-12-17/h5-9,11-14H,10,15-16H2,1-4H3,(H,25,27). The van der Waals surface area contributed by atoms with Gasteiger partial charge in [0.15, 0.2) is 5.75 Å². The van der Waals surface area contributed by atoms with Crippen LogP contribution in [0.25, 0.3) is 22.0 Å². The van der Waals surface area contributed by atoms with Gasteiger partial charge in [-0.1, -0.05) is 48.5 Å². The van der Waals surface area contributed by atoms with E-state index < -0.39 is 5.60 Å². The molecule has 0 atom stereocenters. The smallest absolute Gasteiger partial charge is 0.410 e. The Morgan fingerprint density at radius 2 is 1.63 bits per heavy atom. The van der Waals surface area contributed by atoms with E-state index in [9.17, 15) is 9.59 Å². The van der Waals surface area contributed by atoms with Crippen LogP contribution in [-0.2, 0) is 4.74 Å². The fourth-order valence-electron chi connectivity index (χ4n) is 3.12. The van der Waals surface area contributed by atoms with Crippen molar-refractivity contribution in [3.05, 3.63) is 65.0 Å². The number of pyridine rings is 1. The molecule has 158 valence electrons. The molecule has 0 saturated carbocycles. The molecule has 3 rings (SSSR count). The maximum absolute atomic E-state index is 12.6. The number of amides is 1. The zero-order valence-corrected chi connectivity index (χ0v) is 17.9. The predicted octanol–water partition coefficient (Wildman–Crippen LogP) is 4.83. The number of hydrogen-bond acceptors (Lipinski definition) is 4. The Bertz CT molecular complexity index is 1070. The molecule has 0 unspecified atom stereocenters. The Labute approximate surface area is 176 Å². The summed E-state index contributed by atoms with van der Waals surface area (Å²) >= 11 is 0. The van der Waals surface area contributed by atoms with Crippen LogP contribution < -0.4 is 10.3 Å². The second kappa shape index (κ2) is 9.03. The number of ether oxygens (including phenoxy) is 2. The van der Waals surface area contributed by atoms with Crippen LogP contribution >= 0.6 is 0 Å². The van der Waals surface area contributed by atoms with E-state index >= 15 is 0 Å². The van der Waals surface area contributed by atoms with Crippen LogP contribution in [-0.4, -0.2) is 41.8 Å². The van der Waals surface area contributed by atoms with E-state index in [1.165, 1.54) is 4.90 Å².